The minimum absolute atomic E-state index is 0.176. The molecule has 1 aromatic carbocycles. The molecule has 1 heterocycles. The molecular formula is C13H16BrN3OS. The lowest BCUT2D eigenvalue weighted by molar-refractivity contribution is 0.425. The Morgan fingerprint density at radius 3 is 2.79 bits per heavy atom. The highest BCUT2D eigenvalue weighted by Crippen LogP contribution is 2.31. The van der Waals surface area contributed by atoms with E-state index in [1.807, 2.05) is 18.2 Å². The topological polar surface area (TPSA) is 64.9 Å². The van der Waals surface area contributed by atoms with Gasteiger partial charge in [-0.3, -0.25) is 0 Å². The van der Waals surface area contributed by atoms with E-state index in [0.29, 0.717) is 17.4 Å². The molecule has 2 N–H and O–H groups in total. The smallest absolute Gasteiger partial charge is 0.260 e. The van der Waals surface area contributed by atoms with Crippen molar-refractivity contribution in [2.45, 2.75) is 31.3 Å². The molecule has 4 nitrogen and oxygen atoms in total. The molecule has 0 aliphatic heterocycles. The standard InChI is InChI=1S/C13H16BrN3OS/c1-13(2,3)19-7-10-16-12(18-17-10)8-5-4-6-9(14)11(8)15/h4-6H,7,15H2,1-3H3. The summed E-state index contributed by atoms with van der Waals surface area (Å²) in [5.74, 6) is 1.87. The summed E-state index contributed by atoms with van der Waals surface area (Å²) in [4.78, 5) is 4.39. The van der Waals surface area contributed by atoms with E-state index >= 15 is 0 Å². The molecular weight excluding hydrogens is 326 g/mol. The molecule has 2 rings (SSSR count). The SMILES string of the molecule is CC(C)(C)SCc1noc(-c2cccc(Br)c2N)n1. The highest BCUT2D eigenvalue weighted by atomic mass is 79.9. The molecule has 0 atom stereocenters. The Morgan fingerprint density at radius 1 is 1.37 bits per heavy atom. The zero-order chi connectivity index (χ0) is 14.0. The summed E-state index contributed by atoms with van der Waals surface area (Å²) < 4.78 is 6.28. The largest absolute Gasteiger partial charge is 0.397 e. The van der Waals surface area contributed by atoms with Gasteiger partial charge in [-0.15, -0.1) is 11.8 Å². The van der Waals surface area contributed by atoms with Crippen molar-refractivity contribution in [1.29, 1.82) is 0 Å². The molecule has 0 amide bonds. The fourth-order valence-corrected chi connectivity index (χ4v) is 2.47. The first-order chi connectivity index (χ1) is 8.87. The second-order valence-electron chi connectivity index (χ2n) is 5.12. The molecule has 0 bridgehead atoms. The highest BCUT2D eigenvalue weighted by Gasteiger charge is 2.16. The fourth-order valence-electron chi connectivity index (χ4n) is 1.43. The van der Waals surface area contributed by atoms with Gasteiger partial charge in [0.05, 0.1) is 17.0 Å². The Bertz CT molecular complexity index is 578. The lowest BCUT2D eigenvalue weighted by Gasteiger charge is -2.15. The zero-order valence-electron chi connectivity index (χ0n) is 11.1. The van der Waals surface area contributed by atoms with E-state index in [-0.39, 0.29) is 4.75 Å². The molecule has 0 aliphatic carbocycles. The van der Waals surface area contributed by atoms with E-state index in [2.05, 4.69) is 46.8 Å². The van der Waals surface area contributed by atoms with Crippen LogP contribution in [-0.4, -0.2) is 14.9 Å². The zero-order valence-corrected chi connectivity index (χ0v) is 13.5. The van der Waals surface area contributed by atoms with Gasteiger partial charge in [0, 0.05) is 9.22 Å². The summed E-state index contributed by atoms with van der Waals surface area (Å²) >= 11 is 5.17. The van der Waals surface area contributed by atoms with E-state index in [1.54, 1.807) is 11.8 Å². The first-order valence-corrected chi connectivity index (χ1v) is 7.65. The summed E-state index contributed by atoms with van der Waals surface area (Å²) in [6.07, 6.45) is 0. The first-order valence-electron chi connectivity index (χ1n) is 5.88. The van der Waals surface area contributed by atoms with E-state index in [9.17, 15) is 0 Å². The minimum Gasteiger partial charge on any atom is -0.397 e. The van der Waals surface area contributed by atoms with Gasteiger partial charge in [0.2, 0.25) is 0 Å². The number of hydrogen-bond acceptors (Lipinski definition) is 5. The van der Waals surface area contributed by atoms with Crippen LogP contribution in [0, 0.1) is 0 Å². The molecule has 0 saturated heterocycles. The van der Waals surface area contributed by atoms with E-state index < -0.39 is 0 Å². The van der Waals surface area contributed by atoms with Crippen LogP contribution in [0.4, 0.5) is 5.69 Å². The van der Waals surface area contributed by atoms with Crippen LogP contribution in [0.15, 0.2) is 27.2 Å². The van der Waals surface area contributed by atoms with Gasteiger partial charge in [0.25, 0.3) is 5.89 Å². The number of anilines is 1. The molecule has 0 unspecified atom stereocenters. The highest BCUT2D eigenvalue weighted by molar-refractivity contribution is 9.10. The van der Waals surface area contributed by atoms with Crippen molar-refractivity contribution in [1.82, 2.24) is 10.1 Å². The van der Waals surface area contributed by atoms with Crippen LogP contribution in [-0.2, 0) is 5.75 Å². The van der Waals surface area contributed by atoms with Crippen molar-refractivity contribution >= 4 is 33.4 Å². The van der Waals surface area contributed by atoms with Crippen LogP contribution in [0.3, 0.4) is 0 Å². The summed E-state index contributed by atoms with van der Waals surface area (Å²) in [7, 11) is 0. The van der Waals surface area contributed by atoms with Crippen LogP contribution in [0.1, 0.15) is 26.6 Å². The molecule has 6 heteroatoms. The Hall–Kier alpha value is -1.01. The second-order valence-corrected chi connectivity index (χ2v) is 7.77. The van der Waals surface area contributed by atoms with Crippen molar-refractivity contribution in [3.8, 4) is 11.5 Å². The Balaban J connectivity index is 2.19. The number of benzene rings is 1. The van der Waals surface area contributed by atoms with Crippen LogP contribution in [0.5, 0.6) is 0 Å². The molecule has 0 aliphatic rings. The van der Waals surface area contributed by atoms with Crippen molar-refractivity contribution < 1.29 is 4.52 Å². The van der Waals surface area contributed by atoms with E-state index in [1.165, 1.54) is 0 Å². The van der Waals surface area contributed by atoms with Gasteiger partial charge in [-0.2, -0.15) is 4.98 Å². The third kappa shape index (κ3) is 3.73. The Kier molecular flexibility index (Phi) is 4.20. The third-order valence-electron chi connectivity index (χ3n) is 2.39. The number of rotatable bonds is 3. The maximum atomic E-state index is 5.99. The Labute approximate surface area is 125 Å². The molecule has 0 fully saturated rings. The van der Waals surface area contributed by atoms with Gasteiger partial charge in [-0.25, -0.2) is 0 Å². The van der Waals surface area contributed by atoms with E-state index in [4.69, 9.17) is 10.3 Å². The third-order valence-corrected chi connectivity index (χ3v) is 4.35. The number of nitrogens with zero attached hydrogens (tertiary/aromatic N) is 2. The van der Waals surface area contributed by atoms with Crippen molar-refractivity contribution in [2.75, 3.05) is 5.73 Å². The van der Waals surface area contributed by atoms with Gasteiger partial charge in [0.15, 0.2) is 5.82 Å². The predicted octanol–water partition coefficient (Wildman–Crippen LogP) is 4.11. The molecule has 19 heavy (non-hydrogen) atoms. The van der Waals surface area contributed by atoms with Crippen LogP contribution in [0.2, 0.25) is 0 Å². The number of aromatic nitrogens is 2. The van der Waals surface area contributed by atoms with Crippen LogP contribution in [0.25, 0.3) is 11.5 Å². The van der Waals surface area contributed by atoms with Crippen molar-refractivity contribution in [2.24, 2.45) is 0 Å². The maximum absolute atomic E-state index is 5.99. The molecule has 0 spiro atoms. The number of nitrogen functional groups attached to an aromatic ring is 1. The number of nitrogens with two attached hydrogens (primary N) is 1. The predicted molar refractivity (Wildman–Crippen MR) is 82.9 cm³/mol. The average Bonchev–Trinajstić information content (AvgIpc) is 2.78. The summed E-state index contributed by atoms with van der Waals surface area (Å²) in [5, 5.41) is 3.99. The van der Waals surface area contributed by atoms with Crippen LogP contribution < -0.4 is 5.73 Å². The number of hydrogen-bond donors (Lipinski definition) is 1. The number of para-hydroxylation sites is 1. The average molecular weight is 342 g/mol. The van der Waals surface area contributed by atoms with Crippen LogP contribution >= 0.6 is 27.7 Å². The molecule has 0 saturated carbocycles. The Morgan fingerprint density at radius 2 is 2.11 bits per heavy atom. The van der Waals surface area contributed by atoms with E-state index in [0.717, 1.165) is 15.8 Å². The van der Waals surface area contributed by atoms with Crippen molar-refractivity contribution in [3.63, 3.8) is 0 Å². The van der Waals surface area contributed by atoms with Gasteiger partial charge in [0.1, 0.15) is 0 Å². The quantitative estimate of drug-likeness (QED) is 0.851. The number of thioether (sulfide) groups is 1. The monoisotopic (exact) mass is 341 g/mol. The van der Waals surface area contributed by atoms with Gasteiger partial charge in [-0.1, -0.05) is 32.0 Å². The fraction of sp³-hybridized carbons (Fsp3) is 0.385. The first kappa shape index (κ1) is 14.4. The lowest BCUT2D eigenvalue weighted by atomic mass is 10.2. The molecule has 2 aromatic rings. The number of halogens is 1. The summed E-state index contributed by atoms with van der Waals surface area (Å²) in [6.45, 7) is 6.47. The minimum atomic E-state index is 0.176. The van der Waals surface area contributed by atoms with Crippen molar-refractivity contribution in [3.05, 3.63) is 28.5 Å². The van der Waals surface area contributed by atoms with Gasteiger partial charge >= 0.3 is 0 Å². The molecule has 102 valence electrons. The molecule has 1 aromatic heterocycles. The van der Waals surface area contributed by atoms with Gasteiger partial charge in [-0.05, 0) is 28.1 Å². The van der Waals surface area contributed by atoms with Gasteiger partial charge < -0.3 is 10.3 Å². The molecule has 0 radical (unpaired) electrons. The maximum Gasteiger partial charge on any atom is 0.260 e. The summed E-state index contributed by atoms with van der Waals surface area (Å²) in [6, 6.07) is 5.64. The second kappa shape index (κ2) is 5.54. The lowest BCUT2D eigenvalue weighted by Crippen LogP contribution is -2.07. The normalized spacial score (nSPS) is 11.8. The summed E-state index contributed by atoms with van der Waals surface area (Å²) in [5.41, 5.74) is 7.36.